The van der Waals surface area contributed by atoms with Crippen molar-refractivity contribution in [3.05, 3.63) is 0 Å². The molecule has 1 amide bonds. The zero-order chi connectivity index (χ0) is 11.4. The van der Waals surface area contributed by atoms with Crippen molar-refractivity contribution in [1.29, 1.82) is 5.26 Å². The Morgan fingerprint density at radius 3 is 2.67 bits per heavy atom. The van der Waals surface area contributed by atoms with Gasteiger partial charge >= 0.3 is 0 Å². The lowest BCUT2D eigenvalue weighted by Crippen LogP contribution is -2.41. The van der Waals surface area contributed by atoms with E-state index in [2.05, 4.69) is 0 Å². The van der Waals surface area contributed by atoms with Crippen LogP contribution in [0.2, 0.25) is 0 Å². The Labute approximate surface area is 90.5 Å². The quantitative estimate of drug-likeness (QED) is 0.745. The van der Waals surface area contributed by atoms with Crippen LogP contribution in [0.3, 0.4) is 0 Å². The summed E-state index contributed by atoms with van der Waals surface area (Å²) in [5, 5.41) is 17.9. The number of nitriles is 1. The second-order valence-electron chi connectivity index (χ2n) is 4.30. The van der Waals surface area contributed by atoms with Crippen LogP contribution in [0.25, 0.3) is 0 Å². The van der Waals surface area contributed by atoms with Crippen LogP contribution >= 0.6 is 0 Å². The normalized spacial score (nSPS) is 26.3. The molecule has 0 heterocycles. The van der Waals surface area contributed by atoms with E-state index < -0.39 is 5.92 Å². The predicted octanol–water partition coefficient (Wildman–Crippen LogP) is 0.765. The SMILES string of the molecule is CCC(C#N)C(=O)N(C)CC1CC(O)C1. The van der Waals surface area contributed by atoms with E-state index in [-0.39, 0.29) is 12.0 Å². The highest BCUT2D eigenvalue weighted by molar-refractivity contribution is 5.80. The molecule has 0 radical (unpaired) electrons. The Bertz CT molecular complexity index is 266. The fourth-order valence-electron chi connectivity index (χ4n) is 1.91. The third-order valence-corrected chi connectivity index (χ3v) is 2.98. The average Bonchev–Trinajstić information content (AvgIpc) is 2.17. The number of amides is 1. The lowest BCUT2D eigenvalue weighted by atomic mass is 9.82. The first-order chi connectivity index (χ1) is 7.08. The third kappa shape index (κ3) is 2.93. The van der Waals surface area contributed by atoms with E-state index in [0.717, 1.165) is 12.8 Å². The van der Waals surface area contributed by atoms with Gasteiger partial charge in [0.05, 0.1) is 12.2 Å². The Balaban J connectivity index is 2.36. The molecular weight excluding hydrogens is 192 g/mol. The molecule has 4 heteroatoms. The first kappa shape index (κ1) is 12.0. The molecule has 0 spiro atoms. The molecule has 0 bridgehead atoms. The Morgan fingerprint density at radius 2 is 2.27 bits per heavy atom. The summed E-state index contributed by atoms with van der Waals surface area (Å²) in [6, 6.07) is 2.01. The van der Waals surface area contributed by atoms with Gasteiger partial charge in [0, 0.05) is 13.6 Å². The molecule has 84 valence electrons. The minimum Gasteiger partial charge on any atom is -0.393 e. The van der Waals surface area contributed by atoms with E-state index in [0.29, 0.717) is 18.9 Å². The number of carbonyl (C=O) groups is 1. The van der Waals surface area contributed by atoms with Crippen LogP contribution in [0.15, 0.2) is 0 Å². The molecule has 4 nitrogen and oxygen atoms in total. The van der Waals surface area contributed by atoms with Gasteiger partial charge in [-0.3, -0.25) is 4.79 Å². The Morgan fingerprint density at radius 1 is 1.67 bits per heavy atom. The van der Waals surface area contributed by atoms with E-state index in [1.54, 1.807) is 11.9 Å². The molecular formula is C11H18N2O2. The summed E-state index contributed by atoms with van der Waals surface area (Å²) in [6.45, 7) is 2.50. The summed E-state index contributed by atoms with van der Waals surface area (Å²) in [5.41, 5.74) is 0. The highest BCUT2D eigenvalue weighted by Crippen LogP contribution is 2.27. The Kier molecular flexibility index (Phi) is 4.10. The molecule has 1 N–H and O–H groups in total. The number of aliphatic hydroxyl groups excluding tert-OH is 1. The smallest absolute Gasteiger partial charge is 0.239 e. The molecule has 0 aromatic carbocycles. The van der Waals surface area contributed by atoms with Crippen molar-refractivity contribution in [2.24, 2.45) is 11.8 Å². The number of nitrogens with zero attached hydrogens (tertiary/aromatic N) is 2. The van der Waals surface area contributed by atoms with Gasteiger partial charge in [-0.05, 0) is 25.2 Å². The van der Waals surface area contributed by atoms with E-state index >= 15 is 0 Å². The van der Waals surface area contributed by atoms with Crippen LogP contribution < -0.4 is 0 Å². The van der Waals surface area contributed by atoms with Crippen LogP contribution in [0.1, 0.15) is 26.2 Å². The van der Waals surface area contributed by atoms with Gasteiger partial charge in [0.2, 0.25) is 5.91 Å². The van der Waals surface area contributed by atoms with E-state index in [1.165, 1.54) is 0 Å². The van der Waals surface area contributed by atoms with Crippen LogP contribution in [0.4, 0.5) is 0 Å². The molecule has 1 aliphatic rings. The first-order valence-electron chi connectivity index (χ1n) is 5.41. The summed E-state index contributed by atoms with van der Waals surface area (Å²) in [6.07, 6.45) is 1.94. The van der Waals surface area contributed by atoms with Gasteiger partial charge in [-0.1, -0.05) is 6.92 Å². The van der Waals surface area contributed by atoms with Crippen molar-refractivity contribution in [1.82, 2.24) is 4.90 Å². The van der Waals surface area contributed by atoms with E-state index in [9.17, 15) is 4.79 Å². The van der Waals surface area contributed by atoms with Gasteiger partial charge in [0.25, 0.3) is 0 Å². The third-order valence-electron chi connectivity index (χ3n) is 2.98. The van der Waals surface area contributed by atoms with Crippen molar-refractivity contribution in [3.8, 4) is 6.07 Å². The molecule has 0 aromatic rings. The second kappa shape index (κ2) is 5.13. The lowest BCUT2D eigenvalue weighted by molar-refractivity contribution is -0.134. The Hall–Kier alpha value is -1.08. The van der Waals surface area contributed by atoms with Gasteiger partial charge in [0.15, 0.2) is 0 Å². The summed E-state index contributed by atoms with van der Waals surface area (Å²) in [5.74, 6) is -0.202. The predicted molar refractivity (Wildman–Crippen MR) is 55.8 cm³/mol. The van der Waals surface area contributed by atoms with Crippen molar-refractivity contribution >= 4 is 5.91 Å². The number of hydrogen-bond acceptors (Lipinski definition) is 3. The molecule has 1 aliphatic carbocycles. The molecule has 0 aliphatic heterocycles. The standard InChI is InChI=1S/C11H18N2O2/c1-3-9(6-12)11(15)13(2)7-8-4-10(14)5-8/h8-10,14H,3-5,7H2,1-2H3. The number of aliphatic hydroxyl groups is 1. The van der Waals surface area contributed by atoms with Crippen LogP contribution in [0.5, 0.6) is 0 Å². The fraction of sp³-hybridized carbons (Fsp3) is 0.818. The number of hydrogen-bond donors (Lipinski definition) is 1. The van der Waals surface area contributed by atoms with Gasteiger partial charge in [-0.25, -0.2) is 0 Å². The fourth-order valence-corrected chi connectivity index (χ4v) is 1.91. The molecule has 15 heavy (non-hydrogen) atoms. The highest BCUT2D eigenvalue weighted by atomic mass is 16.3. The maximum absolute atomic E-state index is 11.7. The van der Waals surface area contributed by atoms with Gasteiger partial charge in [-0.2, -0.15) is 5.26 Å². The van der Waals surface area contributed by atoms with Crippen LogP contribution in [-0.4, -0.2) is 35.6 Å². The maximum atomic E-state index is 11.7. The monoisotopic (exact) mass is 210 g/mol. The van der Waals surface area contributed by atoms with E-state index in [4.69, 9.17) is 10.4 Å². The molecule has 1 saturated carbocycles. The highest BCUT2D eigenvalue weighted by Gasteiger charge is 2.30. The lowest BCUT2D eigenvalue weighted by Gasteiger charge is -2.34. The van der Waals surface area contributed by atoms with Gasteiger partial charge < -0.3 is 10.0 Å². The summed E-state index contributed by atoms with van der Waals surface area (Å²) in [7, 11) is 1.73. The van der Waals surface area contributed by atoms with Crippen molar-refractivity contribution in [3.63, 3.8) is 0 Å². The van der Waals surface area contributed by atoms with Gasteiger partial charge in [0.1, 0.15) is 5.92 Å². The zero-order valence-corrected chi connectivity index (χ0v) is 9.31. The van der Waals surface area contributed by atoms with Gasteiger partial charge in [-0.15, -0.1) is 0 Å². The minimum atomic E-state index is -0.514. The number of rotatable bonds is 4. The van der Waals surface area contributed by atoms with E-state index in [1.807, 2.05) is 13.0 Å². The molecule has 0 aromatic heterocycles. The topological polar surface area (TPSA) is 64.3 Å². The summed E-state index contributed by atoms with van der Waals surface area (Å²) in [4.78, 5) is 13.3. The summed E-state index contributed by atoms with van der Waals surface area (Å²) < 4.78 is 0. The van der Waals surface area contributed by atoms with Crippen molar-refractivity contribution in [2.45, 2.75) is 32.3 Å². The number of carbonyl (C=O) groups excluding carboxylic acids is 1. The van der Waals surface area contributed by atoms with Crippen LogP contribution in [-0.2, 0) is 4.79 Å². The molecule has 1 fully saturated rings. The molecule has 0 saturated heterocycles. The summed E-state index contributed by atoms with van der Waals surface area (Å²) >= 11 is 0. The molecule has 1 unspecified atom stereocenters. The molecule has 1 rings (SSSR count). The maximum Gasteiger partial charge on any atom is 0.239 e. The largest absolute Gasteiger partial charge is 0.393 e. The second-order valence-corrected chi connectivity index (χ2v) is 4.30. The molecule has 1 atom stereocenters. The van der Waals surface area contributed by atoms with Crippen molar-refractivity contribution < 1.29 is 9.90 Å². The van der Waals surface area contributed by atoms with Crippen molar-refractivity contribution in [2.75, 3.05) is 13.6 Å². The zero-order valence-electron chi connectivity index (χ0n) is 9.31. The van der Waals surface area contributed by atoms with Crippen LogP contribution in [0, 0.1) is 23.2 Å². The minimum absolute atomic E-state index is 0.0959. The first-order valence-corrected chi connectivity index (χ1v) is 5.41. The average molecular weight is 210 g/mol.